The van der Waals surface area contributed by atoms with E-state index in [1.165, 1.54) is 9.80 Å². The predicted octanol–water partition coefficient (Wildman–Crippen LogP) is 2.36. The number of carboxylic acid groups (broad SMARTS) is 1. The van der Waals surface area contributed by atoms with E-state index in [0.29, 0.717) is 0 Å². The van der Waals surface area contributed by atoms with Crippen LogP contribution in [0.1, 0.15) is 11.1 Å². The van der Waals surface area contributed by atoms with Crippen molar-refractivity contribution in [1.29, 1.82) is 0 Å². The number of benzene rings is 2. The lowest BCUT2D eigenvalue weighted by Gasteiger charge is -2.33. The van der Waals surface area contributed by atoms with Crippen molar-refractivity contribution in [3.63, 3.8) is 0 Å². The van der Waals surface area contributed by atoms with Crippen molar-refractivity contribution in [3.8, 4) is 0 Å². The SMILES string of the molecule is O=C(O)C(CN(Cc1ccccc1)C(=O)CS)N(Cc1ccccc1)C(=O)CS. The van der Waals surface area contributed by atoms with Gasteiger partial charge in [0.15, 0.2) is 0 Å². The summed E-state index contributed by atoms with van der Waals surface area (Å²) in [6.45, 7) is 0.208. The smallest absolute Gasteiger partial charge is 0.328 e. The van der Waals surface area contributed by atoms with Gasteiger partial charge in [-0.1, -0.05) is 60.7 Å². The molecule has 0 bridgehead atoms. The second-order valence-corrected chi connectivity index (χ2v) is 7.07. The Kier molecular flexibility index (Phi) is 9.08. The Morgan fingerprint density at radius 2 is 1.28 bits per heavy atom. The summed E-state index contributed by atoms with van der Waals surface area (Å²) in [4.78, 5) is 39.7. The van der Waals surface area contributed by atoms with Crippen molar-refractivity contribution in [2.45, 2.75) is 19.1 Å². The highest BCUT2D eigenvalue weighted by molar-refractivity contribution is 7.81. The fourth-order valence-electron chi connectivity index (χ4n) is 2.92. The van der Waals surface area contributed by atoms with Crippen molar-refractivity contribution < 1.29 is 19.5 Å². The maximum absolute atomic E-state index is 12.5. The van der Waals surface area contributed by atoms with E-state index in [1.54, 1.807) is 0 Å². The van der Waals surface area contributed by atoms with Gasteiger partial charge >= 0.3 is 5.97 Å². The lowest BCUT2D eigenvalue weighted by molar-refractivity contribution is -0.151. The number of hydrogen-bond acceptors (Lipinski definition) is 5. The van der Waals surface area contributed by atoms with Crippen molar-refractivity contribution in [2.75, 3.05) is 18.1 Å². The van der Waals surface area contributed by atoms with Crippen LogP contribution in [0.3, 0.4) is 0 Å². The fourth-order valence-corrected chi connectivity index (χ4v) is 3.30. The Hall–Kier alpha value is -2.45. The average Bonchev–Trinajstić information content (AvgIpc) is 2.75. The summed E-state index contributed by atoms with van der Waals surface area (Å²) >= 11 is 8.09. The van der Waals surface area contributed by atoms with Gasteiger partial charge in [0.1, 0.15) is 6.04 Å². The molecule has 0 aliphatic rings. The van der Waals surface area contributed by atoms with Gasteiger partial charge in [-0.15, -0.1) is 0 Å². The summed E-state index contributed by atoms with van der Waals surface area (Å²) in [6, 6.07) is 17.2. The Bertz CT molecular complexity index is 818. The summed E-state index contributed by atoms with van der Waals surface area (Å²) in [7, 11) is 0. The minimum atomic E-state index is -1.21. The fraction of sp³-hybridized carbons (Fsp3) is 0.286. The molecule has 2 aromatic carbocycles. The molecule has 0 aliphatic heterocycles. The molecule has 2 aromatic rings. The molecule has 2 amide bonds. The van der Waals surface area contributed by atoms with Gasteiger partial charge in [-0.2, -0.15) is 25.3 Å². The Morgan fingerprint density at radius 1 is 0.793 bits per heavy atom. The van der Waals surface area contributed by atoms with Crippen LogP contribution in [-0.4, -0.2) is 56.8 Å². The zero-order valence-electron chi connectivity index (χ0n) is 15.8. The Labute approximate surface area is 181 Å². The monoisotopic (exact) mass is 432 g/mol. The molecule has 0 fully saturated rings. The van der Waals surface area contributed by atoms with Crippen LogP contribution in [0.25, 0.3) is 0 Å². The van der Waals surface area contributed by atoms with Crippen LogP contribution < -0.4 is 0 Å². The first-order valence-electron chi connectivity index (χ1n) is 9.06. The zero-order chi connectivity index (χ0) is 21.2. The Morgan fingerprint density at radius 3 is 1.72 bits per heavy atom. The van der Waals surface area contributed by atoms with Crippen molar-refractivity contribution in [1.82, 2.24) is 9.80 Å². The standard InChI is InChI=1S/C21H24N2O4S2/c24-19(14-28)22(11-16-7-3-1-4-8-16)13-18(21(26)27)23(20(25)15-29)12-17-9-5-2-6-10-17/h1-10,18,28-29H,11-15H2,(H,26,27). The summed E-state index contributed by atoms with van der Waals surface area (Å²) < 4.78 is 0. The molecule has 0 saturated heterocycles. The highest BCUT2D eigenvalue weighted by Crippen LogP contribution is 2.14. The number of carbonyl (C=O) groups is 3. The number of carboxylic acids is 1. The largest absolute Gasteiger partial charge is 0.480 e. The van der Waals surface area contributed by atoms with Gasteiger partial charge in [0.25, 0.3) is 0 Å². The number of hydrogen-bond donors (Lipinski definition) is 3. The molecule has 0 saturated carbocycles. The number of rotatable bonds is 10. The highest BCUT2D eigenvalue weighted by atomic mass is 32.1. The minimum Gasteiger partial charge on any atom is -0.480 e. The molecule has 2 rings (SSSR count). The van der Waals surface area contributed by atoms with Crippen LogP contribution in [0, 0.1) is 0 Å². The first-order chi connectivity index (χ1) is 14.0. The summed E-state index contributed by atoms with van der Waals surface area (Å²) in [6.07, 6.45) is 0. The van der Waals surface area contributed by atoms with Gasteiger partial charge in [-0.05, 0) is 11.1 Å². The van der Waals surface area contributed by atoms with Crippen molar-refractivity contribution >= 4 is 43.0 Å². The second-order valence-electron chi connectivity index (χ2n) is 6.44. The van der Waals surface area contributed by atoms with Gasteiger partial charge in [-0.3, -0.25) is 9.59 Å². The van der Waals surface area contributed by atoms with Crippen LogP contribution in [0.5, 0.6) is 0 Å². The number of aliphatic carboxylic acids is 1. The Balaban J connectivity index is 2.29. The van der Waals surface area contributed by atoms with E-state index < -0.39 is 17.9 Å². The van der Waals surface area contributed by atoms with E-state index in [4.69, 9.17) is 0 Å². The molecule has 1 unspecified atom stereocenters. The maximum Gasteiger partial charge on any atom is 0.328 e. The molecule has 0 spiro atoms. The van der Waals surface area contributed by atoms with Crippen LogP contribution in [0.2, 0.25) is 0 Å². The molecule has 6 nitrogen and oxygen atoms in total. The lowest BCUT2D eigenvalue weighted by Crippen LogP contribution is -2.52. The van der Waals surface area contributed by atoms with Crippen LogP contribution >= 0.6 is 25.3 Å². The molecule has 1 atom stereocenters. The number of nitrogens with zero attached hydrogens (tertiary/aromatic N) is 2. The maximum atomic E-state index is 12.5. The molecule has 1 N–H and O–H groups in total. The third kappa shape index (κ3) is 6.83. The van der Waals surface area contributed by atoms with Gasteiger partial charge in [0.05, 0.1) is 18.1 Å². The van der Waals surface area contributed by atoms with E-state index in [0.717, 1.165) is 11.1 Å². The van der Waals surface area contributed by atoms with Gasteiger partial charge < -0.3 is 14.9 Å². The van der Waals surface area contributed by atoms with E-state index >= 15 is 0 Å². The molecule has 8 heteroatoms. The van der Waals surface area contributed by atoms with Crippen LogP contribution in [0.4, 0.5) is 0 Å². The molecule has 0 aromatic heterocycles. The number of amides is 2. The summed E-state index contributed by atoms with van der Waals surface area (Å²) in [5.74, 6) is -2.08. The predicted molar refractivity (Wildman–Crippen MR) is 118 cm³/mol. The third-order valence-electron chi connectivity index (χ3n) is 4.41. The van der Waals surface area contributed by atoms with Gasteiger partial charge in [-0.25, -0.2) is 4.79 Å². The molecule has 29 heavy (non-hydrogen) atoms. The van der Waals surface area contributed by atoms with Gasteiger partial charge in [0, 0.05) is 13.1 Å². The number of carbonyl (C=O) groups excluding carboxylic acids is 2. The quantitative estimate of drug-likeness (QED) is 0.504. The molecular formula is C21H24N2O4S2. The molecule has 154 valence electrons. The first-order valence-corrected chi connectivity index (χ1v) is 10.3. The van der Waals surface area contributed by atoms with Gasteiger partial charge in [0.2, 0.25) is 11.8 Å². The zero-order valence-corrected chi connectivity index (χ0v) is 17.6. The van der Waals surface area contributed by atoms with E-state index in [9.17, 15) is 19.5 Å². The normalized spacial score (nSPS) is 11.5. The van der Waals surface area contributed by atoms with E-state index in [1.807, 2.05) is 60.7 Å². The van der Waals surface area contributed by atoms with E-state index in [2.05, 4.69) is 25.3 Å². The third-order valence-corrected chi connectivity index (χ3v) is 4.95. The summed E-state index contributed by atoms with van der Waals surface area (Å²) in [5, 5.41) is 9.86. The highest BCUT2D eigenvalue weighted by Gasteiger charge is 2.32. The average molecular weight is 433 g/mol. The second kappa shape index (κ2) is 11.5. The first kappa shape index (κ1) is 22.8. The lowest BCUT2D eigenvalue weighted by atomic mass is 10.1. The minimum absolute atomic E-state index is 0.0572. The summed E-state index contributed by atoms with van der Waals surface area (Å²) in [5.41, 5.74) is 1.66. The molecule has 0 radical (unpaired) electrons. The molecule has 0 heterocycles. The topological polar surface area (TPSA) is 77.9 Å². The van der Waals surface area contributed by atoms with Crippen LogP contribution in [0.15, 0.2) is 60.7 Å². The number of thiol groups is 2. The van der Waals surface area contributed by atoms with Crippen LogP contribution in [-0.2, 0) is 27.5 Å². The molecule has 0 aliphatic carbocycles. The van der Waals surface area contributed by atoms with E-state index in [-0.39, 0.29) is 37.0 Å². The molecular weight excluding hydrogens is 408 g/mol. The van der Waals surface area contributed by atoms with Crippen molar-refractivity contribution in [3.05, 3.63) is 71.8 Å². The van der Waals surface area contributed by atoms with Crippen molar-refractivity contribution in [2.24, 2.45) is 0 Å².